The Bertz CT molecular complexity index is 1020. The van der Waals surface area contributed by atoms with Crippen LogP contribution in [0, 0.1) is 11.3 Å². The van der Waals surface area contributed by atoms with E-state index >= 15 is 0 Å². The fraction of sp³-hybridized carbons (Fsp3) is 0.261. The zero-order valence-corrected chi connectivity index (χ0v) is 18.1. The number of nitrogens with zero attached hydrogens (tertiary/aromatic N) is 3. The molecule has 1 aliphatic heterocycles. The van der Waals surface area contributed by atoms with E-state index in [9.17, 15) is 14.9 Å². The minimum absolute atomic E-state index is 0.0282. The summed E-state index contributed by atoms with van der Waals surface area (Å²) in [6, 6.07) is 16.8. The molecule has 2 aromatic rings. The Morgan fingerprint density at radius 2 is 1.61 bits per heavy atom. The number of hydrogen-bond acceptors (Lipinski definition) is 6. The SMILES string of the molecule is COc1ccc(NC(=O)C[NH+](C)CC(=O)C(C#N)=C2N(C)c3ccccc3N2C)cc1. The van der Waals surface area contributed by atoms with Gasteiger partial charge in [0.1, 0.15) is 29.8 Å². The summed E-state index contributed by atoms with van der Waals surface area (Å²) in [5.74, 6) is 0.722. The monoisotopic (exact) mass is 420 g/mol. The Labute approximate surface area is 181 Å². The Kier molecular flexibility index (Phi) is 6.58. The molecule has 2 N–H and O–H groups in total. The number of fused-ring (bicyclic) bond motifs is 1. The van der Waals surface area contributed by atoms with E-state index in [1.807, 2.05) is 48.2 Å². The van der Waals surface area contributed by atoms with Gasteiger partial charge in [-0.2, -0.15) is 5.26 Å². The molecule has 0 aliphatic carbocycles. The topological polar surface area (TPSA) is 90.1 Å². The molecular weight excluding hydrogens is 394 g/mol. The molecule has 31 heavy (non-hydrogen) atoms. The van der Waals surface area contributed by atoms with Gasteiger partial charge >= 0.3 is 0 Å². The highest BCUT2D eigenvalue weighted by atomic mass is 16.5. The zero-order chi connectivity index (χ0) is 22.5. The van der Waals surface area contributed by atoms with Crippen LogP contribution in [0.5, 0.6) is 5.75 Å². The van der Waals surface area contributed by atoms with Crippen LogP contribution in [0.25, 0.3) is 0 Å². The number of quaternary nitrogens is 1. The van der Waals surface area contributed by atoms with Crippen molar-refractivity contribution in [2.75, 3.05) is 56.5 Å². The number of para-hydroxylation sites is 2. The molecule has 0 saturated heterocycles. The second-order valence-electron chi connectivity index (χ2n) is 7.43. The van der Waals surface area contributed by atoms with Gasteiger partial charge in [0.15, 0.2) is 6.54 Å². The Morgan fingerprint density at radius 1 is 1.03 bits per heavy atom. The number of likely N-dealkylation sites (N-methyl/N-ethyl adjacent to an activating group) is 1. The van der Waals surface area contributed by atoms with Crippen LogP contribution in [-0.4, -0.2) is 53.0 Å². The molecule has 160 valence electrons. The molecular formula is C23H26N5O3+. The third-order valence-electron chi connectivity index (χ3n) is 5.15. The predicted molar refractivity (Wildman–Crippen MR) is 119 cm³/mol. The zero-order valence-electron chi connectivity index (χ0n) is 18.1. The lowest BCUT2D eigenvalue weighted by Gasteiger charge is -2.20. The van der Waals surface area contributed by atoms with E-state index in [1.54, 1.807) is 38.4 Å². The molecule has 8 heteroatoms. The standard InChI is InChI=1S/C23H25N5O3/c1-26(15-22(30)25-16-9-11-17(31-4)12-10-16)14-21(29)18(13-24)23-27(2)19-7-5-6-8-20(19)28(23)3/h5-12H,14-15H2,1-4H3,(H,25,30)/p+1. The quantitative estimate of drug-likeness (QED) is 0.514. The maximum absolute atomic E-state index is 12.9. The van der Waals surface area contributed by atoms with E-state index < -0.39 is 0 Å². The largest absolute Gasteiger partial charge is 0.497 e. The molecule has 1 aliphatic rings. The lowest BCUT2D eigenvalue weighted by Crippen LogP contribution is -3.11. The summed E-state index contributed by atoms with van der Waals surface area (Å²) in [4.78, 5) is 29.6. The van der Waals surface area contributed by atoms with E-state index in [1.165, 1.54) is 0 Å². The average Bonchev–Trinajstić information content (AvgIpc) is 3.00. The number of carbonyl (C=O) groups excluding carboxylic acids is 2. The summed E-state index contributed by atoms with van der Waals surface area (Å²) < 4.78 is 5.10. The lowest BCUT2D eigenvalue weighted by atomic mass is 10.1. The van der Waals surface area contributed by atoms with E-state index in [4.69, 9.17) is 4.74 Å². The number of hydrogen-bond donors (Lipinski definition) is 2. The highest BCUT2D eigenvalue weighted by Gasteiger charge is 2.32. The first-order valence-corrected chi connectivity index (χ1v) is 9.85. The Morgan fingerprint density at radius 3 is 2.13 bits per heavy atom. The second-order valence-corrected chi connectivity index (χ2v) is 7.43. The minimum Gasteiger partial charge on any atom is -0.497 e. The molecule has 3 rings (SSSR count). The van der Waals surface area contributed by atoms with Crippen molar-refractivity contribution in [1.29, 1.82) is 5.26 Å². The second kappa shape index (κ2) is 9.32. The number of benzene rings is 2. The first-order chi connectivity index (χ1) is 14.8. The first-order valence-electron chi connectivity index (χ1n) is 9.85. The molecule has 0 spiro atoms. The van der Waals surface area contributed by atoms with Gasteiger partial charge in [-0.05, 0) is 36.4 Å². The fourth-order valence-electron chi connectivity index (χ4n) is 3.64. The van der Waals surface area contributed by atoms with E-state index in [-0.39, 0.29) is 30.4 Å². The van der Waals surface area contributed by atoms with Crippen LogP contribution in [-0.2, 0) is 9.59 Å². The molecule has 1 atom stereocenters. The van der Waals surface area contributed by atoms with Gasteiger partial charge in [-0.1, -0.05) is 12.1 Å². The Hall–Kier alpha value is -3.83. The smallest absolute Gasteiger partial charge is 0.279 e. The highest BCUT2D eigenvalue weighted by molar-refractivity contribution is 6.03. The molecule has 1 amide bonds. The molecule has 8 nitrogen and oxygen atoms in total. The number of nitrogens with one attached hydrogen (secondary N) is 2. The Balaban J connectivity index is 1.66. The summed E-state index contributed by atoms with van der Waals surface area (Å²) >= 11 is 0. The van der Waals surface area contributed by atoms with E-state index in [0.29, 0.717) is 22.2 Å². The number of rotatable bonds is 7. The van der Waals surface area contributed by atoms with E-state index in [2.05, 4.69) is 11.4 Å². The van der Waals surface area contributed by atoms with Gasteiger partial charge in [-0.3, -0.25) is 9.59 Å². The summed E-state index contributed by atoms with van der Waals surface area (Å²) in [6.07, 6.45) is 0. The molecule has 0 saturated carbocycles. The van der Waals surface area contributed by atoms with Crippen molar-refractivity contribution in [2.24, 2.45) is 0 Å². The maximum atomic E-state index is 12.9. The van der Waals surface area contributed by atoms with Crippen LogP contribution in [0.3, 0.4) is 0 Å². The normalized spacial score (nSPS) is 13.3. The van der Waals surface area contributed by atoms with Gasteiger partial charge in [0.25, 0.3) is 5.91 Å². The van der Waals surface area contributed by atoms with Crippen molar-refractivity contribution in [3.05, 3.63) is 59.9 Å². The molecule has 2 aromatic carbocycles. The van der Waals surface area contributed by atoms with Crippen LogP contribution < -0.4 is 24.8 Å². The van der Waals surface area contributed by atoms with Crippen LogP contribution in [0.1, 0.15) is 0 Å². The van der Waals surface area contributed by atoms with Gasteiger partial charge in [0, 0.05) is 19.8 Å². The van der Waals surface area contributed by atoms with Gasteiger partial charge < -0.3 is 24.8 Å². The predicted octanol–water partition coefficient (Wildman–Crippen LogP) is 1.04. The van der Waals surface area contributed by atoms with Crippen molar-refractivity contribution in [3.63, 3.8) is 0 Å². The van der Waals surface area contributed by atoms with Crippen LogP contribution in [0.2, 0.25) is 0 Å². The third kappa shape index (κ3) is 4.68. The molecule has 0 fully saturated rings. The number of ether oxygens (including phenoxy) is 1. The fourth-order valence-corrected chi connectivity index (χ4v) is 3.64. The van der Waals surface area contributed by atoms with Crippen molar-refractivity contribution in [3.8, 4) is 11.8 Å². The van der Waals surface area contributed by atoms with Crippen molar-refractivity contribution in [2.45, 2.75) is 0 Å². The number of methoxy groups -OCH3 is 1. The van der Waals surface area contributed by atoms with E-state index in [0.717, 1.165) is 11.4 Å². The number of nitriles is 1. The van der Waals surface area contributed by atoms with Crippen LogP contribution >= 0.6 is 0 Å². The molecule has 1 unspecified atom stereocenters. The average molecular weight is 420 g/mol. The van der Waals surface area contributed by atoms with Gasteiger partial charge in [-0.15, -0.1) is 0 Å². The minimum atomic E-state index is -0.307. The first kappa shape index (κ1) is 21.9. The summed E-state index contributed by atoms with van der Waals surface area (Å²) in [7, 11) is 7.00. The number of ketones is 1. The van der Waals surface area contributed by atoms with Crippen molar-refractivity contribution in [1.82, 2.24) is 0 Å². The van der Waals surface area contributed by atoms with Gasteiger partial charge in [0.05, 0.1) is 25.5 Å². The lowest BCUT2D eigenvalue weighted by molar-refractivity contribution is -0.862. The van der Waals surface area contributed by atoms with Crippen molar-refractivity contribution >= 4 is 28.8 Å². The van der Waals surface area contributed by atoms with Gasteiger partial charge in [-0.25, -0.2) is 0 Å². The molecule has 1 heterocycles. The maximum Gasteiger partial charge on any atom is 0.279 e. The van der Waals surface area contributed by atoms with Crippen LogP contribution in [0.15, 0.2) is 59.9 Å². The molecule has 0 aromatic heterocycles. The number of anilines is 3. The summed E-state index contributed by atoms with van der Waals surface area (Å²) in [5, 5.41) is 12.5. The van der Waals surface area contributed by atoms with Crippen molar-refractivity contribution < 1.29 is 19.2 Å². The number of Topliss-reactive ketones (excluding diaryl/α,β-unsaturated/α-hetero) is 1. The number of amides is 1. The number of carbonyl (C=O) groups is 2. The van der Waals surface area contributed by atoms with Crippen LogP contribution in [0.4, 0.5) is 17.1 Å². The molecule has 0 bridgehead atoms. The van der Waals surface area contributed by atoms with Gasteiger partial charge in [0.2, 0.25) is 5.78 Å². The highest BCUT2D eigenvalue weighted by Crippen LogP contribution is 2.40. The third-order valence-corrected chi connectivity index (χ3v) is 5.15. The summed E-state index contributed by atoms with van der Waals surface area (Å²) in [6.45, 7) is 0.123. The summed E-state index contributed by atoms with van der Waals surface area (Å²) in [5.41, 5.74) is 2.59. The molecule has 0 radical (unpaired) electrons.